The molecule has 1 atom stereocenters. The summed E-state index contributed by atoms with van der Waals surface area (Å²) in [6.45, 7) is 2.24. The molecular formula is C23H42NNaO5. The number of carboxylic acid groups (broad SMARTS) is 1. The Balaban J connectivity index is 0. The van der Waals surface area contributed by atoms with Crippen LogP contribution in [0.25, 0.3) is 0 Å². The molecule has 0 aliphatic heterocycles. The zero-order valence-electron chi connectivity index (χ0n) is 18.2. The molecule has 0 saturated carbocycles. The van der Waals surface area contributed by atoms with E-state index in [0.717, 1.165) is 25.7 Å². The topological polar surface area (TPSA) is 107 Å². The predicted octanol–water partition coefficient (Wildman–Crippen LogP) is 4.64. The molecule has 0 amide bonds. The normalized spacial score (nSPS) is 11.8. The van der Waals surface area contributed by atoms with E-state index < -0.39 is 23.9 Å². The van der Waals surface area contributed by atoms with E-state index in [9.17, 15) is 14.4 Å². The second-order valence-corrected chi connectivity index (χ2v) is 7.66. The van der Waals surface area contributed by atoms with Crippen molar-refractivity contribution < 1.29 is 24.2 Å². The Morgan fingerprint density at radius 1 is 0.800 bits per heavy atom. The number of rotatable bonds is 19. The van der Waals surface area contributed by atoms with Gasteiger partial charge in [0.1, 0.15) is 6.04 Å². The van der Waals surface area contributed by atoms with Crippen LogP contribution in [0.3, 0.4) is 0 Å². The molecule has 0 rings (SSSR count). The number of hydrogen-bond acceptors (Lipinski definition) is 5. The van der Waals surface area contributed by atoms with Gasteiger partial charge >= 0.3 is 47.5 Å². The van der Waals surface area contributed by atoms with Crippen molar-refractivity contribution in [2.45, 2.75) is 116 Å². The zero-order valence-corrected chi connectivity index (χ0v) is 18.2. The first kappa shape index (κ1) is 31.5. The molecule has 0 heterocycles. The summed E-state index contributed by atoms with van der Waals surface area (Å²) in [6.07, 6.45) is 20.0. The van der Waals surface area contributed by atoms with Gasteiger partial charge in [-0.3, -0.25) is 14.4 Å². The van der Waals surface area contributed by atoms with Crippen LogP contribution in [0.4, 0.5) is 0 Å². The van der Waals surface area contributed by atoms with Crippen LogP contribution < -0.4 is 5.73 Å². The van der Waals surface area contributed by atoms with E-state index in [2.05, 4.69) is 23.8 Å². The molecule has 0 aromatic rings. The number of aliphatic carboxylic acids is 1. The number of esters is 2. The molecular weight excluding hydrogens is 393 g/mol. The van der Waals surface area contributed by atoms with E-state index in [1.165, 1.54) is 51.4 Å². The van der Waals surface area contributed by atoms with E-state index >= 15 is 0 Å². The molecule has 0 unspecified atom stereocenters. The molecule has 0 saturated heterocycles. The number of hydrogen-bond donors (Lipinski definition) is 2. The molecule has 3 N–H and O–H groups in total. The second kappa shape index (κ2) is 23.0. The first-order chi connectivity index (χ1) is 14.0. The molecule has 0 fully saturated rings. The fourth-order valence-electron chi connectivity index (χ4n) is 2.97. The number of ether oxygens (including phenoxy) is 1. The van der Waals surface area contributed by atoms with Crippen LogP contribution in [0.5, 0.6) is 0 Å². The molecule has 170 valence electrons. The fourth-order valence-corrected chi connectivity index (χ4v) is 2.97. The van der Waals surface area contributed by atoms with Gasteiger partial charge in [0.2, 0.25) is 0 Å². The average Bonchev–Trinajstić information content (AvgIpc) is 2.68. The maximum atomic E-state index is 11.6. The first-order valence-electron chi connectivity index (χ1n) is 11.3. The van der Waals surface area contributed by atoms with Crippen LogP contribution in [-0.4, -0.2) is 58.6 Å². The van der Waals surface area contributed by atoms with Crippen molar-refractivity contribution in [1.82, 2.24) is 0 Å². The molecule has 7 heteroatoms. The number of carbonyl (C=O) groups is 3. The molecule has 0 aromatic carbocycles. The summed E-state index contributed by atoms with van der Waals surface area (Å²) in [5, 5.41) is 8.63. The number of nitrogens with two attached hydrogens (primary N) is 1. The van der Waals surface area contributed by atoms with Gasteiger partial charge in [0, 0.05) is 12.8 Å². The van der Waals surface area contributed by atoms with Crippen LogP contribution in [-0.2, 0) is 19.1 Å². The van der Waals surface area contributed by atoms with Crippen molar-refractivity contribution in [3.05, 3.63) is 12.2 Å². The molecule has 0 aromatic heterocycles. The Labute approximate surface area is 204 Å². The second-order valence-electron chi connectivity index (χ2n) is 7.66. The summed E-state index contributed by atoms with van der Waals surface area (Å²) in [5.41, 5.74) is 5.30. The van der Waals surface area contributed by atoms with Crippen molar-refractivity contribution in [3.63, 3.8) is 0 Å². The number of allylic oxidation sites excluding steroid dienone is 2. The molecule has 0 aliphatic carbocycles. The first-order valence-corrected chi connectivity index (χ1v) is 11.3. The Hall–Kier alpha value is -0.690. The minimum atomic E-state index is -1.17. The third-order valence-electron chi connectivity index (χ3n) is 4.85. The van der Waals surface area contributed by atoms with Gasteiger partial charge in [0.15, 0.2) is 0 Å². The monoisotopic (exact) mass is 435 g/mol. The van der Waals surface area contributed by atoms with Gasteiger partial charge in [-0.1, -0.05) is 70.4 Å². The zero-order chi connectivity index (χ0) is 21.7. The quantitative estimate of drug-likeness (QED) is 0.101. The molecule has 6 nitrogen and oxygen atoms in total. The van der Waals surface area contributed by atoms with Crippen LogP contribution in [0.2, 0.25) is 0 Å². The maximum absolute atomic E-state index is 11.6. The van der Waals surface area contributed by atoms with Crippen molar-refractivity contribution in [3.8, 4) is 0 Å². The van der Waals surface area contributed by atoms with E-state index in [0.29, 0.717) is 6.42 Å². The number of carbonyl (C=O) groups excluding carboxylic acids is 2. The van der Waals surface area contributed by atoms with Crippen LogP contribution in [0.1, 0.15) is 110 Å². The summed E-state index contributed by atoms with van der Waals surface area (Å²) < 4.78 is 4.66. The van der Waals surface area contributed by atoms with Gasteiger partial charge in [0.05, 0.1) is 0 Å². The van der Waals surface area contributed by atoms with E-state index in [1.807, 2.05) is 0 Å². The van der Waals surface area contributed by atoms with Gasteiger partial charge in [-0.25, -0.2) is 0 Å². The van der Waals surface area contributed by atoms with Crippen LogP contribution >= 0.6 is 0 Å². The number of carboxylic acids is 1. The Bertz CT molecular complexity index is 482. The van der Waals surface area contributed by atoms with Gasteiger partial charge < -0.3 is 15.6 Å². The van der Waals surface area contributed by atoms with Crippen molar-refractivity contribution >= 4 is 47.5 Å². The summed E-state index contributed by atoms with van der Waals surface area (Å²) in [6, 6.07) is -1.11. The van der Waals surface area contributed by atoms with Crippen LogP contribution in [0, 0.1) is 0 Å². The van der Waals surface area contributed by atoms with E-state index in [-0.39, 0.29) is 48.8 Å². The summed E-state index contributed by atoms with van der Waals surface area (Å²) in [4.78, 5) is 33.6. The molecule has 0 spiro atoms. The molecule has 0 bridgehead atoms. The SMILES string of the molecule is CCCCCCCC/C=C\CCCCCCCC(=O)OC(=O)CC[C@H](N)C(=O)O.[NaH]. The molecule has 0 radical (unpaired) electrons. The van der Waals surface area contributed by atoms with Gasteiger partial charge in [-0.05, 0) is 38.5 Å². The van der Waals surface area contributed by atoms with Crippen molar-refractivity contribution in [1.29, 1.82) is 0 Å². The third-order valence-corrected chi connectivity index (χ3v) is 4.85. The number of unbranched alkanes of at least 4 members (excludes halogenated alkanes) is 11. The summed E-state index contributed by atoms with van der Waals surface area (Å²) in [5.74, 6) is -2.42. The third kappa shape index (κ3) is 22.0. The van der Waals surface area contributed by atoms with Crippen molar-refractivity contribution in [2.75, 3.05) is 0 Å². The average molecular weight is 436 g/mol. The molecule has 0 aliphatic rings. The predicted molar refractivity (Wildman–Crippen MR) is 123 cm³/mol. The van der Waals surface area contributed by atoms with E-state index in [1.54, 1.807) is 0 Å². The van der Waals surface area contributed by atoms with Crippen LogP contribution in [0.15, 0.2) is 12.2 Å². The summed E-state index contributed by atoms with van der Waals surface area (Å²) >= 11 is 0. The van der Waals surface area contributed by atoms with E-state index in [4.69, 9.17) is 10.8 Å². The fraction of sp³-hybridized carbons (Fsp3) is 0.783. The van der Waals surface area contributed by atoms with Gasteiger partial charge in [0.25, 0.3) is 0 Å². The van der Waals surface area contributed by atoms with Crippen molar-refractivity contribution in [2.24, 2.45) is 5.73 Å². The Morgan fingerprint density at radius 2 is 1.27 bits per heavy atom. The van der Waals surface area contributed by atoms with Gasteiger partial charge in [-0.2, -0.15) is 0 Å². The standard InChI is InChI=1S/C23H41NO5.Na.H/c1-2-3-4-5-6-7-8-9-10-11-12-13-14-15-16-17-21(25)29-22(26)19-18-20(24)23(27)28;;/h9-10,20H,2-8,11-19,24H2,1H3,(H,27,28);;/b10-9-;;/t20-;;/m0../s1. The Kier molecular flexibility index (Phi) is 24.1. The Morgan fingerprint density at radius 3 is 1.80 bits per heavy atom. The molecule has 30 heavy (non-hydrogen) atoms. The van der Waals surface area contributed by atoms with Gasteiger partial charge in [-0.15, -0.1) is 0 Å². The summed E-state index contributed by atoms with van der Waals surface area (Å²) in [7, 11) is 0. The minimum absolute atomic E-state index is 0.